The van der Waals surface area contributed by atoms with Gasteiger partial charge in [-0.1, -0.05) is 167 Å². The summed E-state index contributed by atoms with van der Waals surface area (Å²) >= 11 is 0. The van der Waals surface area contributed by atoms with Crippen molar-refractivity contribution in [2.24, 2.45) is 0 Å². The first kappa shape index (κ1) is 46.5. The predicted molar refractivity (Wildman–Crippen MR) is 198 cm³/mol. The standard InChI is InChI=1S/C39H73O8P/c1-3-5-7-9-11-13-15-17-19-20-22-24-26-28-30-32-34-39(41)47-37(36-46-48(42,43)44)35-45-38(40)33-31-29-27-25-23-21-18-16-14-12-10-8-6-4-2/h10,12,16,18,37H,3-9,11,13-15,17,19-36H2,1-2H3,(H2,42,43,44)/b12-10-,18-16-/t37-/m1/s1. The number of phosphoric ester groups is 1. The molecule has 0 saturated heterocycles. The van der Waals surface area contributed by atoms with Crippen LogP contribution in [0.5, 0.6) is 0 Å². The van der Waals surface area contributed by atoms with E-state index in [4.69, 9.17) is 19.3 Å². The molecule has 48 heavy (non-hydrogen) atoms. The zero-order valence-corrected chi connectivity index (χ0v) is 31.8. The lowest BCUT2D eigenvalue weighted by molar-refractivity contribution is -0.161. The van der Waals surface area contributed by atoms with Gasteiger partial charge in [-0.25, -0.2) is 4.57 Å². The Morgan fingerprint density at radius 1 is 0.542 bits per heavy atom. The third-order valence-electron chi connectivity index (χ3n) is 8.47. The van der Waals surface area contributed by atoms with Crippen molar-refractivity contribution in [3.63, 3.8) is 0 Å². The molecule has 0 aliphatic carbocycles. The maximum absolute atomic E-state index is 12.4. The molecule has 0 saturated carbocycles. The van der Waals surface area contributed by atoms with Crippen molar-refractivity contribution >= 4 is 19.8 Å². The Hall–Kier alpha value is -1.47. The Balaban J connectivity index is 3.94. The Morgan fingerprint density at radius 2 is 0.958 bits per heavy atom. The van der Waals surface area contributed by atoms with Gasteiger partial charge in [0.15, 0.2) is 6.10 Å². The number of carbonyl (C=O) groups excluding carboxylic acids is 2. The minimum Gasteiger partial charge on any atom is -0.462 e. The summed E-state index contributed by atoms with van der Waals surface area (Å²) in [6.07, 6.45) is 38.9. The summed E-state index contributed by atoms with van der Waals surface area (Å²) in [5.74, 6) is -0.894. The number of phosphoric acid groups is 1. The van der Waals surface area contributed by atoms with Gasteiger partial charge in [0.05, 0.1) is 6.61 Å². The fourth-order valence-electron chi connectivity index (χ4n) is 5.51. The van der Waals surface area contributed by atoms with Gasteiger partial charge in [-0.05, 0) is 38.5 Å². The highest BCUT2D eigenvalue weighted by molar-refractivity contribution is 7.46. The summed E-state index contributed by atoms with van der Waals surface area (Å²) in [6.45, 7) is 3.64. The fraction of sp³-hybridized carbons (Fsp3) is 0.846. The van der Waals surface area contributed by atoms with E-state index in [9.17, 15) is 14.2 Å². The maximum Gasteiger partial charge on any atom is 0.469 e. The van der Waals surface area contributed by atoms with E-state index in [-0.39, 0.29) is 19.4 Å². The highest BCUT2D eigenvalue weighted by Gasteiger charge is 2.22. The van der Waals surface area contributed by atoms with Crippen molar-refractivity contribution in [2.45, 2.75) is 200 Å². The van der Waals surface area contributed by atoms with Crippen LogP contribution in [-0.2, 0) is 28.2 Å². The van der Waals surface area contributed by atoms with E-state index in [0.717, 1.165) is 64.2 Å². The maximum atomic E-state index is 12.4. The lowest BCUT2D eigenvalue weighted by Gasteiger charge is -2.18. The van der Waals surface area contributed by atoms with E-state index in [1.807, 2.05) is 0 Å². The van der Waals surface area contributed by atoms with Crippen LogP contribution in [0.4, 0.5) is 0 Å². The third-order valence-corrected chi connectivity index (χ3v) is 8.96. The molecule has 1 atom stereocenters. The first-order valence-corrected chi connectivity index (χ1v) is 21.2. The van der Waals surface area contributed by atoms with Gasteiger partial charge in [-0.15, -0.1) is 0 Å². The molecule has 0 bridgehead atoms. The van der Waals surface area contributed by atoms with Gasteiger partial charge in [0.2, 0.25) is 0 Å². The summed E-state index contributed by atoms with van der Waals surface area (Å²) in [5.41, 5.74) is 0. The van der Waals surface area contributed by atoms with E-state index in [1.54, 1.807) is 0 Å². The summed E-state index contributed by atoms with van der Waals surface area (Å²) < 4.78 is 26.3. The molecule has 0 aromatic carbocycles. The Bertz CT molecular complexity index is 838. The van der Waals surface area contributed by atoms with Crippen molar-refractivity contribution < 1.29 is 37.9 Å². The number of rotatable bonds is 36. The predicted octanol–water partition coefficient (Wildman–Crippen LogP) is 11.6. The van der Waals surface area contributed by atoms with Crippen LogP contribution in [-0.4, -0.2) is 41.0 Å². The summed E-state index contributed by atoms with van der Waals surface area (Å²) in [4.78, 5) is 42.7. The molecule has 8 nitrogen and oxygen atoms in total. The average molecular weight is 701 g/mol. The highest BCUT2D eigenvalue weighted by atomic mass is 31.2. The van der Waals surface area contributed by atoms with Gasteiger partial charge < -0.3 is 19.3 Å². The first-order valence-electron chi connectivity index (χ1n) is 19.6. The molecule has 0 aromatic rings. The van der Waals surface area contributed by atoms with Crippen molar-refractivity contribution in [2.75, 3.05) is 13.2 Å². The second-order valence-electron chi connectivity index (χ2n) is 13.3. The smallest absolute Gasteiger partial charge is 0.462 e. The molecular weight excluding hydrogens is 627 g/mol. The second-order valence-corrected chi connectivity index (χ2v) is 14.5. The van der Waals surface area contributed by atoms with Crippen LogP contribution in [0.15, 0.2) is 24.3 Å². The normalized spacial score (nSPS) is 12.7. The molecule has 2 N–H and O–H groups in total. The van der Waals surface area contributed by atoms with Crippen LogP contribution in [0.1, 0.15) is 194 Å². The topological polar surface area (TPSA) is 119 Å². The van der Waals surface area contributed by atoms with Crippen LogP contribution < -0.4 is 0 Å². The van der Waals surface area contributed by atoms with Gasteiger partial charge in [0.25, 0.3) is 0 Å². The van der Waals surface area contributed by atoms with Gasteiger partial charge in [0.1, 0.15) is 6.61 Å². The fourth-order valence-corrected chi connectivity index (χ4v) is 5.87. The number of esters is 2. The van der Waals surface area contributed by atoms with Crippen LogP contribution in [0.3, 0.4) is 0 Å². The molecule has 0 aliphatic heterocycles. The lowest BCUT2D eigenvalue weighted by atomic mass is 10.0. The zero-order valence-electron chi connectivity index (χ0n) is 30.9. The SMILES string of the molecule is CCCC/C=C\C/C=C\CCCCCCCC(=O)OC[C@H](COP(=O)(O)O)OC(=O)CCCCCCCCCCCCCCCCCC. The average Bonchev–Trinajstić information content (AvgIpc) is 3.05. The summed E-state index contributed by atoms with van der Waals surface area (Å²) in [7, 11) is -4.75. The van der Waals surface area contributed by atoms with Crippen molar-refractivity contribution in [1.82, 2.24) is 0 Å². The largest absolute Gasteiger partial charge is 0.469 e. The molecule has 282 valence electrons. The monoisotopic (exact) mass is 701 g/mol. The van der Waals surface area contributed by atoms with Gasteiger partial charge in [-0.2, -0.15) is 0 Å². The molecule has 0 aromatic heterocycles. The molecule has 0 amide bonds. The molecule has 0 spiro atoms. The van der Waals surface area contributed by atoms with E-state index in [2.05, 4.69) is 42.7 Å². The molecule has 0 aliphatic rings. The quantitative estimate of drug-likeness (QED) is 0.0287. The van der Waals surface area contributed by atoms with E-state index in [1.165, 1.54) is 89.9 Å². The number of ether oxygens (including phenoxy) is 2. The van der Waals surface area contributed by atoms with Crippen molar-refractivity contribution in [1.29, 1.82) is 0 Å². The number of hydrogen-bond donors (Lipinski definition) is 2. The molecule has 0 radical (unpaired) electrons. The summed E-state index contributed by atoms with van der Waals surface area (Å²) in [6, 6.07) is 0. The number of hydrogen-bond acceptors (Lipinski definition) is 6. The number of unbranched alkanes of at least 4 members (excludes halogenated alkanes) is 22. The van der Waals surface area contributed by atoms with Crippen LogP contribution in [0.2, 0.25) is 0 Å². The first-order chi connectivity index (χ1) is 23.3. The number of allylic oxidation sites excluding steroid dienone is 4. The van der Waals surface area contributed by atoms with E-state index in [0.29, 0.717) is 12.8 Å². The number of carbonyl (C=O) groups is 2. The molecule has 0 unspecified atom stereocenters. The zero-order chi connectivity index (χ0) is 35.4. The van der Waals surface area contributed by atoms with Crippen molar-refractivity contribution in [3.8, 4) is 0 Å². The van der Waals surface area contributed by atoms with E-state index >= 15 is 0 Å². The van der Waals surface area contributed by atoms with Gasteiger partial charge >= 0.3 is 19.8 Å². The Morgan fingerprint density at radius 3 is 1.44 bits per heavy atom. The Labute approximate surface area is 294 Å². The molecular formula is C39H73O8P. The summed E-state index contributed by atoms with van der Waals surface area (Å²) in [5, 5.41) is 0. The van der Waals surface area contributed by atoms with Crippen LogP contribution in [0, 0.1) is 0 Å². The minimum absolute atomic E-state index is 0.213. The molecule has 9 heteroatoms. The van der Waals surface area contributed by atoms with Crippen LogP contribution >= 0.6 is 7.82 Å². The molecule has 0 rings (SSSR count). The van der Waals surface area contributed by atoms with Crippen molar-refractivity contribution in [3.05, 3.63) is 24.3 Å². The van der Waals surface area contributed by atoms with Gasteiger partial charge in [-0.3, -0.25) is 14.1 Å². The minimum atomic E-state index is -4.75. The lowest BCUT2D eigenvalue weighted by Crippen LogP contribution is -2.29. The van der Waals surface area contributed by atoms with Crippen LogP contribution in [0.25, 0.3) is 0 Å². The molecule has 0 heterocycles. The van der Waals surface area contributed by atoms with Gasteiger partial charge in [0, 0.05) is 12.8 Å². The molecule has 0 fully saturated rings. The highest BCUT2D eigenvalue weighted by Crippen LogP contribution is 2.36. The Kier molecular flexibility index (Phi) is 34.3. The van der Waals surface area contributed by atoms with E-state index < -0.39 is 32.5 Å². The second kappa shape index (κ2) is 35.4. The third kappa shape index (κ3) is 37.4.